The van der Waals surface area contributed by atoms with Crippen molar-refractivity contribution in [2.45, 2.75) is 13.3 Å². The van der Waals surface area contributed by atoms with Gasteiger partial charge in [-0.2, -0.15) is 0 Å². The number of rotatable bonds is 2. The van der Waals surface area contributed by atoms with E-state index in [2.05, 4.69) is 27.3 Å². The molecule has 1 saturated heterocycles. The normalized spacial score (nSPS) is 15.2. The Morgan fingerprint density at radius 1 is 1.07 bits per heavy atom. The van der Waals surface area contributed by atoms with E-state index < -0.39 is 0 Å². The molecule has 3 aromatic heterocycles. The van der Waals surface area contributed by atoms with E-state index in [4.69, 9.17) is 4.98 Å². The fourth-order valence-electron chi connectivity index (χ4n) is 3.73. The highest BCUT2D eigenvalue weighted by molar-refractivity contribution is 7.18. The van der Waals surface area contributed by atoms with Crippen LogP contribution >= 0.6 is 11.3 Å². The highest BCUT2D eigenvalue weighted by Gasteiger charge is 2.12. The largest absolute Gasteiger partial charge is 0.369 e. The van der Waals surface area contributed by atoms with Crippen LogP contribution in [0.5, 0.6) is 0 Å². The lowest BCUT2D eigenvalue weighted by Gasteiger charge is -2.22. The Kier molecular flexibility index (Phi) is 4.33. The van der Waals surface area contributed by atoms with E-state index in [1.165, 1.54) is 0 Å². The number of hydrogen-bond donors (Lipinski definition) is 1. The molecule has 0 spiro atoms. The lowest BCUT2D eigenvalue weighted by Crippen LogP contribution is -2.28. The van der Waals surface area contributed by atoms with Gasteiger partial charge in [-0.1, -0.05) is 6.07 Å². The minimum Gasteiger partial charge on any atom is -0.369 e. The minimum atomic E-state index is -0.0654. The molecule has 1 aliphatic rings. The fourth-order valence-corrected chi connectivity index (χ4v) is 4.54. The zero-order valence-corrected chi connectivity index (χ0v) is 16.5. The molecule has 0 saturated carbocycles. The van der Waals surface area contributed by atoms with Crippen LogP contribution in [0.15, 0.2) is 47.4 Å². The zero-order valence-electron chi connectivity index (χ0n) is 15.7. The van der Waals surface area contributed by atoms with Gasteiger partial charge < -0.3 is 10.2 Å². The SMILES string of the molecule is Cc1nc2cc(-c3cc(=O)n4cc(N5CCCNCC5)ccc4n3)ccc2s1. The molecule has 0 unspecified atom stereocenters. The number of aryl methyl sites for hydroxylation is 1. The lowest BCUT2D eigenvalue weighted by atomic mass is 10.1. The van der Waals surface area contributed by atoms with Crippen molar-refractivity contribution in [2.24, 2.45) is 0 Å². The monoisotopic (exact) mass is 391 g/mol. The number of fused-ring (bicyclic) bond motifs is 2. The Labute approximate surface area is 166 Å². The van der Waals surface area contributed by atoms with Gasteiger partial charge >= 0.3 is 0 Å². The summed E-state index contributed by atoms with van der Waals surface area (Å²) < 4.78 is 2.79. The molecule has 142 valence electrons. The number of benzene rings is 1. The van der Waals surface area contributed by atoms with Crippen LogP contribution in [-0.4, -0.2) is 40.5 Å². The number of nitrogens with one attached hydrogen (secondary N) is 1. The van der Waals surface area contributed by atoms with Crippen molar-refractivity contribution in [1.29, 1.82) is 0 Å². The van der Waals surface area contributed by atoms with E-state index >= 15 is 0 Å². The smallest absolute Gasteiger partial charge is 0.258 e. The van der Waals surface area contributed by atoms with Crippen LogP contribution in [0.4, 0.5) is 5.69 Å². The molecular formula is C21H21N5OS. The molecule has 4 heterocycles. The van der Waals surface area contributed by atoms with E-state index in [9.17, 15) is 4.79 Å². The van der Waals surface area contributed by atoms with Gasteiger partial charge in [-0.25, -0.2) is 9.97 Å². The minimum absolute atomic E-state index is 0.0654. The topological polar surface area (TPSA) is 62.5 Å². The summed E-state index contributed by atoms with van der Waals surface area (Å²) in [7, 11) is 0. The number of nitrogens with zero attached hydrogens (tertiary/aromatic N) is 4. The van der Waals surface area contributed by atoms with Gasteiger partial charge in [0, 0.05) is 37.5 Å². The first-order valence-electron chi connectivity index (χ1n) is 9.54. The van der Waals surface area contributed by atoms with Gasteiger partial charge in [0.05, 0.1) is 26.6 Å². The van der Waals surface area contributed by atoms with Gasteiger partial charge in [-0.05, 0) is 44.2 Å². The third-order valence-electron chi connectivity index (χ3n) is 5.14. The molecule has 0 radical (unpaired) electrons. The Morgan fingerprint density at radius 3 is 2.93 bits per heavy atom. The maximum Gasteiger partial charge on any atom is 0.258 e. The first kappa shape index (κ1) is 17.3. The summed E-state index contributed by atoms with van der Waals surface area (Å²) in [6.07, 6.45) is 3.01. The Hall–Kier alpha value is -2.77. The number of aromatic nitrogens is 3. The molecule has 1 N–H and O–H groups in total. The summed E-state index contributed by atoms with van der Waals surface area (Å²) in [5, 5.41) is 4.45. The third-order valence-corrected chi connectivity index (χ3v) is 6.09. The molecule has 0 aliphatic carbocycles. The van der Waals surface area contributed by atoms with Crippen molar-refractivity contribution >= 4 is 32.9 Å². The molecule has 5 rings (SSSR count). The second kappa shape index (κ2) is 7.00. The Morgan fingerprint density at radius 2 is 2.00 bits per heavy atom. The second-order valence-corrected chi connectivity index (χ2v) is 8.34. The van der Waals surface area contributed by atoms with Crippen LogP contribution in [-0.2, 0) is 0 Å². The highest BCUT2D eigenvalue weighted by atomic mass is 32.1. The summed E-state index contributed by atoms with van der Waals surface area (Å²) >= 11 is 1.67. The van der Waals surface area contributed by atoms with Crippen LogP contribution in [0.25, 0.3) is 27.1 Å². The molecule has 1 fully saturated rings. The second-order valence-electron chi connectivity index (χ2n) is 7.10. The standard InChI is InChI=1S/C21H21N5OS/c1-14-23-18-11-15(3-5-19(18)28-14)17-12-21(27)26-13-16(4-6-20(26)24-17)25-9-2-7-22-8-10-25/h3-6,11-13,22H,2,7-10H2,1H3. The molecule has 6 nitrogen and oxygen atoms in total. The van der Waals surface area contributed by atoms with Gasteiger partial charge in [0.25, 0.3) is 5.56 Å². The Balaban J connectivity index is 1.56. The van der Waals surface area contributed by atoms with Crippen molar-refractivity contribution in [2.75, 3.05) is 31.1 Å². The van der Waals surface area contributed by atoms with Gasteiger partial charge in [-0.15, -0.1) is 11.3 Å². The van der Waals surface area contributed by atoms with Gasteiger partial charge in [0.1, 0.15) is 5.65 Å². The zero-order chi connectivity index (χ0) is 19.1. The summed E-state index contributed by atoms with van der Waals surface area (Å²) in [5.41, 5.74) is 4.21. The predicted octanol–water partition coefficient (Wildman–Crippen LogP) is 3.08. The molecule has 1 aliphatic heterocycles. The highest BCUT2D eigenvalue weighted by Crippen LogP contribution is 2.26. The molecule has 1 aromatic carbocycles. The molecular weight excluding hydrogens is 370 g/mol. The maximum atomic E-state index is 12.8. The molecule has 0 atom stereocenters. The molecule has 0 amide bonds. The van der Waals surface area contributed by atoms with Gasteiger partial charge in [-0.3, -0.25) is 9.20 Å². The number of thiazole rings is 1. The summed E-state index contributed by atoms with van der Waals surface area (Å²) in [6.45, 7) is 5.94. The van der Waals surface area contributed by atoms with Crippen LogP contribution in [0.3, 0.4) is 0 Å². The summed E-state index contributed by atoms with van der Waals surface area (Å²) in [5.74, 6) is 0. The third kappa shape index (κ3) is 3.16. The molecule has 4 aromatic rings. The van der Waals surface area contributed by atoms with E-state index in [-0.39, 0.29) is 5.56 Å². The Bertz CT molecular complexity index is 1220. The number of anilines is 1. The fraction of sp³-hybridized carbons (Fsp3) is 0.286. The summed E-state index contributed by atoms with van der Waals surface area (Å²) in [6, 6.07) is 11.7. The lowest BCUT2D eigenvalue weighted by molar-refractivity contribution is 0.724. The van der Waals surface area contributed by atoms with Crippen molar-refractivity contribution in [3.05, 3.63) is 58.0 Å². The van der Waals surface area contributed by atoms with Crippen LogP contribution < -0.4 is 15.8 Å². The molecule has 7 heteroatoms. The van der Waals surface area contributed by atoms with E-state index in [1.54, 1.807) is 21.8 Å². The average Bonchev–Trinajstić information content (AvgIpc) is 2.89. The first-order chi connectivity index (χ1) is 13.7. The van der Waals surface area contributed by atoms with Crippen molar-refractivity contribution in [3.63, 3.8) is 0 Å². The van der Waals surface area contributed by atoms with E-state index in [0.717, 1.165) is 59.1 Å². The van der Waals surface area contributed by atoms with Crippen molar-refractivity contribution < 1.29 is 0 Å². The van der Waals surface area contributed by atoms with Crippen LogP contribution in [0.2, 0.25) is 0 Å². The van der Waals surface area contributed by atoms with Crippen molar-refractivity contribution in [3.8, 4) is 11.3 Å². The average molecular weight is 392 g/mol. The molecule has 0 bridgehead atoms. The van der Waals surface area contributed by atoms with Gasteiger partial charge in [0.2, 0.25) is 0 Å². The van der Waals surface area contributed by atoms with Crippen LogP contribution in [0.1, 0.15) is 11.4 Å². The van der Waals surface area contributed by atoms with E-state index in [1.807, 2.05) is 31.3 Å². The van der Waals surface area contributed by atoms with E-state index in [0.29, 0.717) is 11.3 Å². The predicted molar refractivity (Wildman–Crippen MR) is 115 cm³/mol. The van der Waals surface area contributed by atoms with Crippen LogP contribution in [0, 0.1) is 6.92 Å². The molecule has 28 heavy (non-hydrogen) atoms. The van der Waals surface area contributed by atoms with Crippen molar-refractivity contribution in [1.82, 2.24) is 19.7 Å². The van der Waals surface area contributed by atoms with Gasteiger partial charge in [0.15, 0.2) is 0 Å². The quantitative estimate of drug-likeness (QED) is 0.569. The number of hydrogen-bond acceptors (Lipinski definition) is 6. The number of pyridine rings is 1. The first-order valence-corrected chi connectivity index (χ1v) is 10.4. The maximum absolute atomic E-state index is 12.8. The summed E-state index contributed by atoms with van der Waals surface area (Å²) in [4.78, 5) is 24.4.